The molecule has 1 aliphatic rings. The lowest BCUT2D eigenvalue weighted by Gasteiger charge is -2.25. The monoisotopic (exact) mass is 495 g/mol. The molecule has 1 atom stereocenters. The number of likely N-dealkylation sites (tertiary alicyclic amines) is 1. The number of hydrogen-bond acceptors (Lipinski definition) is 4. The third-order valence-electron chi connectivity index (χ3n) is 5.74. The van der Waals surface area contributed by atoms with Gasteiger partial charge in [-0.1, -0.05) is 53.5 Å². The summed E-state index contributed by atoms with van der Waals surface area (Å²) in [4.78, 5) is 27.6. The fraction of sp³-hybridized carbons (Fsp3) is 0.185. The summed E-state index contributed by atoms with van der Waals surface area (Å²) in [6.07, 6.45) is 0.506. The number of rotatable bonds is 7. The van der Waals surface area contributed by atoms with E-state index < -0.39 is 17.7 Å². The van der Waals surface area contributed by atoms with E-state index in [-0.39, 0.29) is 17.9 Å². The largest absolute Gasteiger partial charge is 0.507 e. The van der Waals surface area contributed by atoms with Gasteiger partial charge in [0.25, 0.3) is 11.7 Å². The minimum absolute atomic E-state index is 0.0365. The normalized spacial score (nSPS) is 17.3. The summed E-state index contributed by atoms with van der Waals surface area (Å²) in [5.74, 6) is -0.853. The van der Waals surface area contributed by atoms with E-state index in [0.717, 1.165) is 11.3 Å². The van der Waals surface area contributed by atoms with E-state index in [9.17, 15) is 14.7 Å². The zero-order valence-corrected chi connectivity index (χ0v) is 20.0. The molecule has 3 aromatic carbocycles. The molecular formula is C27H23Cl2NO4. The summed E-state index contributed by atoms with van der Waals surface area (Å²) >= 11 is 12.0. The van der Waals surface area contributed by atoms with Crippen molar-refractivity contribution in [2.24, 2.45) is 0 Å². The smallest absolute Gasteiger partial charge is 0.295 e. The number of aliphatic hydroxyl groups is 1. The van der Waals surface area contributed by atoms with Crippen LogP contribution in [0.2, 0.25) is 10.0 Å². The molecule has 0 bridgehead atoms. The summed E-state index contributed by atoms with van der Waals surface area (Å²) < 4.78 is 5.86. The minimum atomic E-state index is -0.744. The Morgan fingerprint density at radius 3 is 2.21 bits per heavy atom. The fourth-order valence-corrected chi connectivity index (χ4v) is 4.25. The highest BCUT2D eigenvalue weighted by Gasteiger charge is 2.45. The second-order valence-corrected chi connectivity index (χ2v) is 8.89. The highest BCUT2D eigenvalue weighted by Crippen LogP contribution is 2.39. The molecule has 1 amide bonds. The van der Waals surface area contributed by atoms with Crippen LogP contribution >= 0.6 is 23.2 Å². The van der Waals surface area contributed by atoms with Gasteiger partial charge in [-0.15, -0.1) is 0 Å². The van der Waals surface area contributed by atoms with Crippen molar-refractivity contribution in [3.63, 3.8) is 0 Å². The second kappa shape index (κ2) is 10.3. The van der Waals surface area contributed by atoms with E-state index in [4.69, 9.17) is 27.9 Å². The number of carbonyl (C=O) groups excluding carboxylic acids is 2. The van der Waals surface area contributed by atoms with E-state index in [2.05, 4.69) is 0 Å². The number of amides is 1. The van der Waals surface area contributed by atoms with Crippen molar-refractivity contribution in [1.29, 1.82) is 0 Å². The number of nitrogens with zero attached hydrogens (tertiary/aromatic N) is 1. The van der Waals surface area contributed by atoms with E-state index in [1.165, 1.54) is 4.90 Å². The summed E-state index contributed by atoms with van der Waals surface area (Å²) in [7, 11) is 0. The van der Waals surface area contributed by atoms with Crippen molar-refractivity contribution in [2.45, 2.75) is 19.4 Å². The molecule has 174 valence electrons. The van der Waals surface area contributed by atoms with Gasteiger partial charge >= 0.3 is 0 Å². The molecule has 1 unspecified atom stereocenters. The maximum atomic E-state index is 13.1. The van der Waals surface area contributed by atoms with Gasteiger partial charge in [0.05, 0.1) is 18.2 Å². The predicted octanol–water partition coefficient (Wildman–Crippen LogP) is 6.19. The van der Waals surface area contributed by atoms with Crippen molar-refractivity contribution < 1.29 is 19.4 Å². The Labute approximate surface area is 208 Å². The maximum Gasteiger partial charge on any atom is 0.295 e. The van der Waals surface area contributed by atoms with Crippen LogP contribution < -0.4 is 4.74 Å². The van der Waals surface area contributed by atoms with Gasteiger partial charge < -0.3 is 14.7 Å². The number of aryl methyl sites for hydroxylation is 1. The highest BCUT2D eigenvalue weighted by molar-refractivity contribution is 6.46. The first-order valence-electron chi connectivity index (χ1n) is 10.8. The Bertz CT molecular complexity index is 1240. The Morgan fingerprint density at radius 2 is 1.56 bits per heavy atom. The lowest BCUT2D eigenvalue weighted by atomic mass is 9.95. The third-order valence-corrected chi connectivity index (χ3v) is 6.24. The first-order valence-corrected chi connectivity index (χ1v) is 11.6. The van der Waals surface area contributed by atoms with E-state index in [1.807, 2.05) is 31.2 Å². The molecule has 0 saturated carbocycles. The fourth-order valence-electron chi connectivity index (χ4n) is 4.00. The minimum Gasteiger partial charge on any atom is -0.507 e. The zero-order chi connectivity index (χ0) is 24.2. The van der Waals surface area contributed by atoms with Crippen LogP contribution in [0.1, 0.15) is 29.2 Å². The first-order chi connectivity index (χ1) is 16.4. The summed E-state index contributed by atoms with van der Waals surface area (Å²) in [5.41, 5.74) is 2.14. The Morgan fingerprint density at radius 1 is 0.941 bits per heavy atom. The van der Waals surface area contributed by atoms with E-state index in [1.54, 1.807) is 48.5 Å². The average Bonchev–Trinajstić information content (AvgIpc) is 3.08. The van der Waals surface area contributed by atoms with Gasteiger partial charge in [-0.2, -0.15) is 0 Å². The van der Waals surface area contributed by atoms with Gasteiger partial charge in [-0.05, 0) is 66.9 Å². The van der Waals surface area contributed by atoms with Gasteiger partial charge in [0, 0.05) is 22.2 Å². The number of aliphatic hydroxyl groups excluding tert-OH is 1. The standard InChI is InChI=1S/C27H23Cl2NO4/c1-17-5-2-3-6-22(17)34-16-4-15-30-24(18-7-11-20(28)12-8-18)23(26(32)27(30)33)25(31)19-9-13-21(29)14-10-19/h2-3,5-14,24,31H,4,15-16H2,1H3/b25-23-. The van der Waals surface area contributed by atoms with Crippen LogP contribution in [0, 0.1) is 6.92 Å². The molecule has 0 aromatic heterocycles. The van der Waals surface area contributed by atoms with Crippen LogP contribution in [0.5, 0.6) is 5.75 Å². The molecule has 34 heavy (non-hydrogen) atoms. The van der Waals surface area contributed by atoms with Gasteiger partial charge in [0.15, 0.2) is 0 Å². The van der Waals surface area contributed by atoms with Crippen molar-refractivity contribution in [1.82, 2.24) is 4.90 Å². The SMILES string of the molecule is Cc1ccccc1OCCCN1C(=O)C(=O)/C(=C(\O)c2ccc(Cl)cc2)C1c1ccc(Cl)cc1. The zero-order valence-electron chi connectivity index (χ0n) is 18.5. The second-order valence-electron chi connectivity index (χ2n) is 8.02. The number of para-hydroxylation sites is 1. The Balaban J connectivity index is 1.63. The van der Waals surface area contributed by atoms with Crippen LogP contribution in [0.25, 0.3) is 5.76 Å². The van der Waals surface area contributed by atoms with Gasteiger partial charge in [-0.3, -0.25) is 9.59 Å². The lowest BCUT2D eigenvalue weighted by molar-refractivity contribution is -0.140. The Hall–Kier alpha value is -3.28. The van der Waals surface area contributed by atoms with E-state index >= 15 is 0 Å². The van der Waals surface area contributed by atoms with Gasteiger partial charge in [-0.25, -0.2) is 0 Å². The van der Waals surface area contributed by atoms with Crippen molar-refractivity contribution >= 4 is 40.7 Å². The van der Waals surface area contributed by atoms with Gasteiger partial charge in [0.2, 0.25) is 0 Å². The van der Waals surface area contributed by atoms with Crippen LogP contribution in [0.3, 0.4) is 0 Å². The molecular weight excluding hydrogens is 473 g/mol. The first kappa shape index (κ1) is 23.9. The van der Waals surface area contributed by atoms with Crippen molar-refractivity contribution in [3.05, 3.63) is 105 Å². The topological polar surface area (TPSA) is 66.8 Å². The van der Waals surface area contributed by atoms with Crippen molar-refractivity contribution in [2.75, 3.05) is 13.2 Å². The number of benzene rings is 3. The number of ketones is 1. The molecule has 3 aromatic rings. The number of ether oxygens (including phenoxy) is 1. The quantitative estimate of drug-likeness (QED) is 0.183. The Kier molecular flexibility index (Phi) is 7.25. The number of halogens is 2. The van der Waals surface area contributed by atoms with Crippen LogP contribution in [-0.4, -0.2) is 34.8 Å². The molecule has 1 fully saturated rings. The molecule has 7 heteroatoms. The molecule has 5 nitrogen and oxygen atoms in total. The third kappa shape index (κ3) is 4.96. The summed E-state index contributed by atoms with van der Waals surface area (Å²) in [5, 5.41) is 12.1. The van der Waals surface area contributed by atoms with Crippen molar-refractivity contribution in [3.8, 4) is 5.75 Å². The van der Waals surface area contributed by atoms with Crippen LogP contribution in [0.4, 0.5) is 0 Å². The number of hydrogen-bond donors (Lipinski definition) is 1. The molecule has 0 radical (unpaired) electrons. The predicted molar refractivity (Wildman–Crippen MR) is 133 cm³/mol. The average molecular weight is 496 g/mol. The number of carbonyl (C=O) groups is 2. The highest BCUT2D eigenvalue weighted by atomic mass is 35.5. The van der Waals surface area contributed by atoms with E-state index in [0.29, 0.717) is 34.2 Å². The molecule has 0 aliphatic carbocycles. The van der Waals surface area contributed by atoms with Crippen LogP contribution in [-0.2, 0) is 9.59 Å². The molecule has 1 heterocycles. The molecule has 1 aliphatic heterocycles. The maximum absolute atomic E-state index is 13.1. The molecule has 1 saturated heterocycles. The number of Topliss-reactive ketones (excluding diaryl/α,β-unsaturated/α-hetero) is 1. The molecule has 0 spiro atoms. The van der Waals surface area contributed by atoms with Gasteiger partial charge in [0.1, 0.15) is 11.5 Å². The molecule has 4 rings (SSSR count). The molecule has 1 N–H and O–H groups in total. The lowest BCUT2D eigenvalue weighted by Crippen LogP contribution is -2.31. The summed E-state index contributed by atoms with van der Waals surface area (Å²) in [6.45, 7) is 2.62. The van der Waals surface area contributed by atoms with Crippen LogP contribution in [0.15, 0.2) is 78.4 Å². The summed E-state index contributed by atoms with van der Waals surface area (Å²) in [6, 6.07) is 20.3.